The third kappa shape index (κ3) is 7.05. The van der Waals surface area contributed by atoms with Crippen molar-refractivity contribution in [2.75, 3.05) is 16.8 Å². The van der Waals surface area contributed by atoms with Crippen LogP contribution in [-0.4, -0.2) is 40.4 Å². The first-order valence-electron chi connectivity index (χ1n) is 9.21. The van der Waals surface area contributed by atoms with Crippen molar-refractivity contribution in [3.63, 3.8) is 0 Å². The maximum absolute atomic E-state index is 12.5. The minimum atomic E-state index is -0.893. The molecule has 0 saturated heterocycles. The topological polar surface area (TPSA) is 98.5 Å². The van der Waals surface area contributed by atoms with Gasteiger partial charge in [-0.1, -0.05) is 50.2 Å². The van der Waals surface area contributed by atoms with Crippen molar-refractivity contribution < 1.29 is 23.6 Å². The quantitative estimate of drug-likeness (QED) is 0.515. The molecule has 0 aliphatic heterocycles. The molecule has 156 valence electrons. The Morgan fingerprint density at radius 3 is 2.38 bits per heavy atom. The first-order chi connectivity index (χ1) is 13.6. The third-order valence-corrected chi connectivity index (χ3v) is 4.97. The molecule has 1 atom stereocenters. The molecule has 1 aromatic carbocycles. The molecule has 0 saturated carbocycles. The Morgan fingerprint density at radius 2 is 1.83 bits per heavy atom. The van der Waals surface area contributed by atoms with Crippen LogP contribution in [0.25, 0.3) is 0 Å². The zero-order valence-corrected chi connectivity index (χ0v) is 18.1. The normalized spacial score (nSPS) is 12.3. The molecule has 0 bridgehead atoms. The number of amides is 1. The summed E-state index contributed by atoms with van der Waals surface area (Å²) in [6.07, 6.45) is -0.893. The largest absolute Gasteiger partial charge is 0.454 e. The number of rotatable bonds is 8. The molecule has 2 aromatic rings. The van der Waals surface area contributed by atoms with Gasteiger partial charge in [0.05, 0.1) is 11.5 Å². The van der Waals surface area contributed by atoms with Gasteiger partial charge in [0, 0.05) is 11.6 Å². The van der Waals surface area contributed by atoms with Crippen molar-refractivity contribution in [3.05, 3.63) is 47.2 Å². The molecular weight excluding hydrogens is 392 g/mol. The summed E-state index contributed by atoms with van der Waals surface area (Å²) in [5.74, 6) is -0.186. The zero-order valence-electron chi connectivity index (χ0n) is 17.3. The molecule has 1 N–H and O–H groups in total. The summed E-state index contributed by atoms with van der Waals surface area (Å²) < 4.78 is 10.1. The average molecular weight is 419 g/mol. The number of benzene rings is 1. The van der Waals surface area contributed by atoms with Crippen LogP contribution in [0.3, 0.4) is 0 Å². The Kier molecular flexibility index (Phi) is 7.61. The van der Waals surface area contributed by atoms with Gasteiger partial charge in [-0.15, -0.1) is 11.8 Å². The van der Waals surface area contributed by atoms with Gasteiger partial charge in [0.25, 0.3) is 0 Å². The summed E-state index contributed by atoms with van der Waals surface area (Å²) in [5.41, 5.74) is 1.61. The molecule has 2 rings (SSSR count). The Balaban J connectivity index is 1.76. The van der Waals surface area contributed by atoms with Gasteiger partial charge in [-0.3, -0.25) is 14.4 Å². The number of carbonyl (C=O) groups is 3. The van der Waals surface area contributed by atoms with Crippen molar-refractivity contribution in [3.8, 4) is 0 Å². The van der Waals surface area contributed by atoms with Crippen molar-refractivity contribution in [1.29, 1.82) is 0 Å². The number of carbonyl (C=O) groups excluding carboxylic acids is 3. The molecule has 0 aliphatic carbocycles. The average Bonchev–Trinajstić information content (AvgIpc) is 3.05. The van der Waals surface area contributed by atoms with E-state index in [0.717, 1.165) is 17.3 Å². The number of hydrogen-bond acceptors (Lipinski definition) is 7. The van der Waals surface area contributed by atoms with Crippen LogP contribution in [0.15, 0.2) is 34.9 Å². The first-order valence-corrected chi connectivity index (χ1v) is 10.4. The molecule has 8 heteroatoms. The van der Waals surface area contributed by atoms with Gasteiger partial charge in [-0.05, 0) is 24.8 Å². The van der Waals surface area contributed by atoms with Crippen LogP contribution in [0.1, 0.15) is 49.4 Å². The highest BCUT2D eigenvalue weighted by atomic mass is 32.2. The number of thioether (sulfide) groups is 1. The van der Waals surface area contributed by atoms with Crippen LogP contribution in [0.2, 0.25) is 0 Å². The van der Waals surface area contributed by atoms with Gasteiger partial charge in [0.1, 0.15) is 5.76 Å². The molecule has 29 heavy (non-hydrogen) atoms. The van der Waals surface area contributed by atoms with E-state index in [1.165, 1.54) is 0 Å². The molecule has 1 aromatic heterocycles. The Labute approximate surface area is 174 Å². The number of aromatic nitrogens is 1. The highest BCUT2D eigenvalue weighted by Crippen LogP contribution is 2.22. The second kappa shape index (κ2) is 9.73. The number of nitrogens with one attached hydrogen (secondary N) is 1. The van der Waals surface area contributed by atoms with E-state index in [1.54, 1.807) is 32.0 Å². The molecule has 7 nitrogen and oxygen atoms in total. The minimum absolute atomic E-state index is 0.00429. The molecule has 1 amide bonds. The Bertz CT molecular complexity index is 868. The van der Waals surface area contributed by atoms with E-state index < -0.39 is 12.1 Å². The fraction of sp³-hybridized carbons (Fsp3) is 0.429. The predicted octanol–water partition coefficient (Wildman–Crippen LogP) is 3.77. The van der Waals surface area contributed by atoms with Crippen molar-refractivity contribution >= 4 is 35.2 Å². The lowest BCUT2D eigenvalue weighted by atomic mass is 9.86. The van der Waals surface area contributed by atoms with Gasteiger partial charge in [-0.2, -0.15) is 0 Å². The van der Waals surface area contributed by atoms with Gasteiger partial charge >= 0.3 is 5.97 Å². The molecule has 1 heterocycles. The van der Waals surface area contributed by atoms with Gasteiger partial charge in [-0.25, -0.2) is 0 Å². The summed E-state index contributed by atoms with van der Waals surface area (Å²) in [4.78, 5) is 36.2. The van der Waals surface area contributed by atoms with Crippen LogP contribution in [0.4, 0.5) is 5.82 Å². The lowest BCUT2D eigenvalue weighted by Gasteiger charge is -2.19. The van der Waals surface area contributed by atoms with E-state index in [4.69, 9.17) is 9.26 Å². The van der Waals surface area contributed by atoms with Crippen LogP contribution >= 0.6 is 11.8 Å². The highest BCUT2D eigenvalue weighted by molar-refractivity contribution is 8.00. The lowest BCUT2D eigenvalue weighted by molar-refractivity contribution is -0.143. The maximum Gasteiger partial charge on any atom is 0.316 e. The summed E-state index contributed by atoms with van der Waals surface area (Å²) >= 11 is 1.09. The molecule has 0 unspecified atom stereocenters. The predicted molar refractivity (Wildman–Crippen MR) is 112 cm³/mol. The lowest BCUT2D eigenvalue weighted by Crippen LogP contribution is -2.26. The number of hydrogen-bond donors (Lipinski definition) is 1. The molecule has 0 spiro atoms. The zero-order chi connectivity index (χ0) is 21.6. The number of nitrogens with zero attached hydrogens (tertiary/aromatic N) is 1. The van der Waals surface area contributed by atoms with E-state index in [-0.39, 0.29) is 28.6 Å². The van der Waals surface area contributed by atoms with Crippen molar-refractivity contribution in [2.24, 2.45) is 0 Å². The number of ketones is 1. The standard InChI is InChI=1S/C21H26N2O5S/c1-13-10-17(23-28-13)22-18(24)11-29-12-19(25)27-14(2)20(26)15-6-8-16(9-7-15)21(3,4)5/h6-10,14H,11-12H2,1-5H3,(H,22,23,24)/t14-/m0/s1. The fourth-order valence-electron chi connectivity index (χ4n) is 2.49. The van der Waals surface area contributed by atoms with Crippen LogP contribution in [0.5, 0.6) is 0 Å². The molecular formula is C21H26N2O5S. The van der Waals surface area contributed by atoms with E-state index >= 15 is 0 Å². The van der Waals surface area contributed by atoms with Crippen LogP contribution < -0.4 is 5.32 Å². The monoisotopic (exact) mass is 418 g/mol. The maximum atomic E-state index is 12.5. The number of esters is 1. The van der Waals surface area contributed by atoms with Gasteiger partial charge in [0.15, 0.2) is 11.9 Å². The summed E-state index contributed by atoms with van der Waals surface area (Å²) in [5, 5.41) is 6.22. The van der Waals surface area contributed by atoms with E-state index in [2.05, 4.69) is 31.2 Å². The van der Waals surface area contributed by atoms with E-state index in [1.807, 2.05) is 12.1 Å². The van der Waals surface area contributed by atoms with Gasteiger partial charge in [0.2, 0.25) is 11.7 Å². The number of Topliss-reactive ketones (excluding diaryl/α,β-unsaturated/α-hetero) is 1. The second-order valence-corrected chi connectivity index (χ2v) is 8.67. The fourth-order valence-corrected chi connectivity index (χ4v) is 3.08. The Morgan fingerprint density at radius 1 is 1.17 bits per heavy atom. The van der Waals surface area contributed by atoms with Gasteiger partial charge < -0.3 is 14.6 Å². The number of anilines is 1. The Hall–Kier alpha value is -2.61. The summed E-state index contributed by atoms with van der Waals surface area (Å²) in [6.45, 7) is 9.55. The number of aryl methyl sites for hydroxylation is 1. The van der Waals surface area contributed by atoms with Crippen LogP contribution in [-0.2, 0) is 19.7 Å². The highest BCUT2D eigenvalue weighted by Gasteiger charge is 2.21. The minimum Gasteiger partial charge on any atom is -0.454 e. The van der Waals surface area contributed by atoms with E-state index in [0.29, 0.717) is 17.1 Å². The number of ether oxygens (including phenoxy) is 1. The van der Waals surface area contributed by atoms with Crippen molar-refractivity contribution in [2.45, 2.75) is 46.1 Å². The molecule has 0 fully saturated rings. The SMILES string of the molecule is Cc1cc(NC(=O)CSCC(=O)O[C@@H](C)C(=O)c2ccc(C(C)(C)C)cc2)no1. The first kappa shape index (κ1) is 22.7. The smallest absolute Gasteiger partial charge is 0.316 e. The van der Waals surface area contributed by atoms with Crippen LogP contribution in [0, 0.1) is 6.92 Å². The molecule has 0 aliphatic rings. The van der Waals surface area contributed by atoms with Crippen molar-refractivity contribution in [1.82, 2.24) is 5.16 Å². The third-order valence-electron chi connectivity index (χ3n) is 4.06. The summed E-state index contributed by atoms with van der Waals surface area (Å²) in [7, 11) is 0. The van der Waals surface area contributed by atoms with E-state index in [9.17, 15) is 14.4 Å². The summed E-state index contributed by atoms with van der Waals surface area (Å²) in [6, 6.07) is 8.91. The second-order valence-electron chi connectivity index (χ2n) is 7.69. The molecule has 0 radical (unpaired) electrons.